The van der Waals surface area contributed by atoms with Gasteiger partial charge in [0, 0.05) is 11.1 Å². The van der Waals surface area contributed by atoms with Crippen molar-refractivity contribution in [3.05, 3.63) is 23.2 Å². The summed E-state index contributed by atoms with van der Waals surface area (Å²) in [6, 6.07) is 3.96. The summed E-state index contributed by atoms with van der Waals surface area (Å²) in [6.07, 6.45) is 0. The Bertz CT molecular complexity index is 585. The van der Waals surface area contributed by atoms with Crippen LogP contribution >= 0.6 is 11.6 Å². The molecule has 1 rings (SSSR count). The molecule has 0 aliphatic rings. The van der Waals surface area contributed by atoms with E-state index in [1.54, 1.807) is 13.8 Å². The molecule has 7 heteroatoms. The van der Waals surface area contributed by atoms with Crippen molar-refractivity contribution in [1.29, 1.82) is 0 Å². The van der Waals surface area contributed by atoms with E-state index in [2.05, 4.69) is 5.32 Å². The lowest BCUT2D eigenvalue weighted by Crippen LogP contribution is -2.41. The molecule has 0 fully saturated rings. The number of nitrogens with one attached hydrogen (secondary N) is 1. The van der Waals surface area contributed by atoms with Crippen LogP contribution in [0.4, 0.5) is 5.69 Å². The van der Waals surface area contributed by atoms with Crippen molar-refractivity contribution in [3.8, 4) is 0 Å². The van der Waals surface area contributed by atoms with Crippen LogP contribution in [0.5, 0.6) is 0 Å². The van der Waals surface area contributed by atoms with E-state index in [1.165, 1.54) is 25.1 Å². The lowest BCUT2D eigenvalue weighted by molar-refractivity contribution is -0.120. The molecule has 0 saturated carbocycles. The molecule has 106 valence electrons. The van der Waals surface area contributed by atoms with Crippen molar-refractivity contribution in [3.63, 3.8) is 0 Å². The summed E-state index contributed by atoms with van der Waals surface area (Å²) in [5, 5.41) is 1.70. The van der Waals surface area contributed by atoms with Crippen LogP contribution in [-0.2, 0) is 14.6 Å². The van der Waals surface area contributed by atoms with Gasteiger partial charge in [-0.2, -0.15) is 0 Å². The van der Waals surface area contributed by atoms with Gasteiger partial charge in [-0.1, -0.05) is 11.6 Å². The van der Waals surface area contributed by atoms with Gasteiger partial charge in [0.05, 0.1) is 10.6 Å². The van der Waals surface area contributed by atoms with Crippen molar-refractivity contribution in [1.82, 2.24) is 5.32 Å². The first kappa shape index (κ1) is 15.8. The zero-order valence-corrected chi connectivity index (χ0v) is 12.5. The molecule has 0 bridgehead atoms. The summed E-state index contributed by atoms with van der Waals surface area (Å²) >= 11 is 5.72. The van der Waals surface area contributed by atoms with E-state index in [4.69, 9.17) is 17.3 Å². The highest BCUT2D eigenvalue weighted by molar-refractivity contribution is 7.93. The number of nitrogens with two attached hydrogens (primary N) is 1. The van der Waals surface area contributed by atoms with Crippen LogP contribution < -0.4 is 11.1 Å². The van der Waals surface area contributed by atoms with E-state index in [9.17, 15) is 13.2 Å². The highest BCUT2D eigenvalue weighted by atomic mass is 35.5. The SMILES string of the molecule is CC(C)NC(=O)C(C)S(=O)(=O)c1ccc(Cl)cc1N. The van der Waals surface area contributed by atoms with Crippen LogP contribution in [0.1, 0.15) is 20.8 Å². The maximum absolute atomic E-state index is 12.3. The maximum Gasteiger partial charge on any atom is 0.238 e. The summed E-state index contributed by atoms with van der Waals surface area (Å²) in [7, 11) is -3.83. The number of sulfone groups is 1. The summed E-state index contributed by atoms with van der Waals surface area (Å²) in [4.78, 5) is 11.7. The molecule has 0 aromatic heterocycles. The van der Waals surface area contributed by atoms with Crippen LogP contribution in [0.15, 0.2) is 23.1 Å². The Kier molecular flexibility index (Phi) is 4.81. The molecule has 0 aliphatic carbocycles. The fourth-order valence-electron chi connectivity index (χ4n) is 1.51. The molecule has 1 amide bonds. The number of benzene rings is 1. The van der Waals surface area contributed by atoms with Crippen molar-refractivity contribution >= 4 is 33.0 Å². The molecule has 19 heavy (non-hydrogen) atoms. The number of amides is 1. The fourth-order valence-corrected chi connectivity index (χ4v) is 3.07. The Morgan fingerprint density at radius 2 is 1.89 bits per heavy atom. The Hall–Kier alpha value is -1.27. The minimum absolute atomic E-state index is 0.0386. The summed E-state index contributed by atoms with van der Waals surface area (Å²) in [5.74, 6) is -0.552. The third kappa shape index (κ3) is 3.61. The quantitative estimate of drug-likeness (QED) is 0.827. The van der Waals surface area contributed by atoms with Gasteiger partial charge in [-0.05, 0) is 39.0 Å². The van der Waals surface area contributed by atoms with Gasteiger partial charge < -0.3 is 11.1 Å². The molecule has 0 spiro atoms. The molecule has 1 atom stereocenters. The van der Waals surface area contributed by atoms with Crippen LogP contribution in [-0.4, -0.2) is 25.6 Å². The smallest absolute Gasteiger partial charge is 0.238 e. The molecule has 5 nitrogen and oxygen atoms in total. The largest absolute Gasteiger partial charge is 0.398 e. The van der Waals surface area contributed by atoms with Crippen molar-refractivity contribution in [2.75, 3.05) is 5.73 Å². The summed E-state index contributed by atoms with van der Waals surface area (Å²) < 4.78 is 24.6. The molecular weight excluding hydrogens is 288 g/mol. The number of nitrogen functional groups attached to an aromatic ring is 1. The molecule has 0 radical (unpaired) electrons. The second kappa shape index (κ2) is 5.79. The number of carbonyl (C=O) groups excluding carboxylic acids is 1. The lowest BCUT2D eigenvalue weighted by atomic mass is 10.3. The maximum atomic E-state index is 12.3. The van der Waals surface area contributed by atoms with E-state index in [1.807, 2.05) is 0 Å². The summed E-state index contributed by atoms with van der Waals surface area (Å²) in [6.45, 7) is 4.85. The van der Waals surface area contributed by atoms with E-state index in [0.29, 0.717) is 5.02 Å². The van der Waals surface area contributed by atoms with E-state index in [0.717, 1.165) is 0 Å². The van der Waals surface area contributed by atoms with Gasteiger partial charge in [-0.3, -0.25) is 4.79 Å². The molecule has 3 N–H and O–H groups in total. The van der Waals surface area contributed by atoms with E-state index < -0.39 is 21.0 Å². The minimum Gasteiger partial charge on any atom is -0.398 e. The number of anilines is 1. The zero-order chi connectivity index (χ0) is 14.8. The van der Waals surface area contributed by atoms with Crippen LogP contribution in [0.2, 0.25) is 5.02 Å². The number of carbonyl (C=O) groups is 1. The second-order valence-electron chi connectivity index (χ2n) is 4.53. The second-order valence-corrected chi connectivity index (χ2v) is 7.21. The number of halogens is 1. The zero-order valence-electron chi connectivity index (χ0n) is 11.0. The Morgan fingerprint density at radius 1 is 1.32 bits per heavy atom. The molecule has 0 saturated heterocycles. The van der Waals surface area contributed by atoms with Gasteiger partial charge in [-0.15, -0.1) is 0 Å². The molecular formula is C12H17ClN2O3S. The molecule has 1 aromatic carbocycles. The first-order chi connectivity index (χ1) is 8.66. The van der Waals surface area contributed by atoms with Crippen LogP contribution in [0.25, 0.3) is 0 Å². The number of rotatable bonds is 4. The predicted octanol–water partition coefficient (Wildman–Crippen LogP) is 1.61. The Morgan fingerprint density at radius 3 is 2.37 bits per heavy atom. The Balaban J connectivity index is 3.13. The van der Waals surface area contributed by atoms with Gasteiger partial charge >= 0.3 is 0 Å². The van der Waals surface area contributed by atoms with Gasteiger partial charge in [-0.25, -0.2) is 8.42 Å². The number of hydrogen-bond donors (Lipinski definition) is 2. The monoisotopic (exact) mass is 304 g/mol. The molecule has 1 aromatic rings. The van der Waals surface area contributed by atoms with Crippen molar-refractivity contribution in [2.24, 2.45) is 0 Å². The average molecular weight is 305 g/mol. The van der Waals surface area contributed by atoms with Crippen LogP contribution in [0.3, 0.4) is 0 Å². The Labute approximate surface area is 118 Å². The van der Waals surface area contributed by atoms with Gasteiger partial charge in [0.25, 0.3) is 0 Å². The molecule has 0 heterocycles. The normalized spacial score (nSPS) is 13.3. The molecule has 1 unspecified atom stereocenters. The third-order valence-electron chi connectivity index (χ3n) is 2.54. The number of hydrogen-bond acceptors (Lipinski definition) is 4. The first-order valence-corrected chi connectivity index (χ1v) is 7.68. The fraction of sp³-hybridized carbons (Fsp3) is 0.417. The minimum atomic E-state index is -3.83. The topological polar surface area (TPSA) is 89.3 Å². The van der Waals surface area contributed by atoms with Gasteiger partial charge in [0.2, 0.25) is 5.91 Å². The van der Waals surface area contributed by atoms with Crippen molar-refractivity contribution in [2.45, 2.75) is 37.0 Å². The molecule has 0 aliphatic heterocycles. The van der Waals surface area contributed by atoms with Gasteiger partial charge in [0.15, 0.2) is 9.84 Å². The first-order valence-electron chi connectivity index (χ1n) is 5.75. The third-order valence-corrected chi connectivity index (χ3v) is 4.91. The summed E-state index contributed by atoms with van der Waals surface area (Å²) in [5.41, 5.74) is 5.69. The average Bonchev–Trinajstić information content (AvgIpc) is 2.26. The van der Waals surface area contributed by atoms with Gasteiger partial charge in [0.1, 0.15) is 5.25 Å². The standard InChI is InChI=1S/C12H17ClN2O3S/c1-7(2)15-12(16)8(3)19(17,18)11-5-4-9(13)6-10(11)14/h4-8H,14H2,1-3H3,(H,15,16). The lowest BCUT2D eigenvalue weighted by Gasteiger charge is -2.16. The highest BCUT2D eigenvalue weighted by Gasteiger charge is 2.31. The van der Waals surface area contributed by atoms with E-state index >= 15 is 0 Å². The van der Waals surface area contributed by atoms with Crippen LogP contribution in [0, 0.1) is 0 Å². The highest BCUT2D eigenvalue weighted by Crippen LogP contribution is 2.25. The van der Waals surface area contributed by atoms with Crippen molar-refractivity contribution < 1.29 is 13.2 Å². The van der Waals surface area contributed by atoms with E-state index in [-0.39, 0.29) is 16.6 Å². The predicted molar refractivity (Wildman–Crippen MR) is 75.8 cm³/mol.